The molecule has 128 valence electrons. The summed E-state index contributed by atoms with van der Waals surface area (Å²) in [5.74, 6) is -0.0631. The summed E-state index contributed by atoms with van der Waals surface area (Å²) in [5, 5.41) is 10.7. The number of carbonyl (C=O) groups excluding carboxylic acids is 2. The SMILES string of the molecule is CC(C)NC(=O)C[C@H](C)NC(=O)NCc1cccc2ccccc12. The lowest BCUT2D eigenvalue weighted by Gasteiger charge is -2.16. The second-order valence-electron chi connectivity index (χ2n) is 6.29. The van der Waals surface area contributed by atoms with Gasteiger partial charge in [-0.1, -0.05) is 42.5 Å². The average molecular weight is 327 g/mol. The van der Waals surface area contributed by atoms with E-state index in [1.165, 1.54) is 0 Å². The summed E-state index contributed by atoms with van der Waals surface area (Å²) in [7, 11) is 0. The Labute approximate surface area is 142 Å². The van der Waals surface area contributed by atoms with Crippen molar-refractivity contribution in [3.05, 3.63) is 48.0 Å². The maximum absolute atomic E-state index is 12.0. The topological polar surface area (TPSA) is 70.2 Å². The summed E-state index contributed by atoms with van der Waals surface area (Å²) in [6.07, 6.45) is 0.264. The number of amides is 3. The van der Waals surface area contributed by atoms with E-state index >= 15 is 0 Å². The largest absolute Gasteiger partial charge is 0.354 e. The zero-order chi connectivity index (χ0) is 17.5. The van der Waals surface area contributed by atoms with E-state index in [-0.39, 0.29) is 30.4 Å². The van der Waals surface area contributed by atoms with Crippen LogP contribution in [0.25, 0.3) is 10.8 Å². The summed E-state index contributed by atoms with van der Waals surface area (Å²) < 4.78 is 0. The standard InChI is InChI=1S/C19H25N3O2/c1-13(2)21-18(23)11-14(3)22-19(24)20-12-16-9-6-8-15-7-4-5-10-17(15)16/h4-10,13-14H,11-12H2,1-3H3,(H,21,23)(H2,20,22,24)/t14-/m0/s1. The van der Waals surface area contributed by atoms with E-state index in [1.807, 2.05) is 63.2 Å². The molecule has 5 nitrogen and oxygen atoms in total. The van der Waals surface area contributed by atoms with E-state index in [2.05, 4.69) is 16.0 Å². The number of urea groups is 1. The first-order chi connectivity index (χ1) is 11.5. The summed E-state index contributed by atoms with van der Waals surface area (Å²) in [6, 6.07) is 13.7. The highest BCUT2D eigenvalue weighted by molar-refractivity contribution is 5.86. The fourth-order valence-electron chi connectivity index (χ4n) is 2.61. The molecule has 1 atom stereocenters. The number of fused-ring (bicyclic) bond motifs is 1. The first kappa shape index (κ1) is 17.8. The van der Waals surface area contributed by atoms with Gasteiger partial charge in [-0.15, -0.1) is 0 Å². The molecule has 0 spiro atoms. The average Bonchev–Trinajstić information content (AvgIpc) is 2.51. The molecule has 0 aliphatic heterocycles. The summed E-state index contributed by atoms with van der Waals surface area (Å²) in [6.45, 7) is 6.08. The van der Waals surface area contributed by atoms with Gasteiger partial charge in [-0.3, -0.25) is 4.79 Å². The summed E-state index contributed by atoms with van der Waals surface area (Å²) in [4.78, 5) is 23.7. The van der Waals surface area contributed by atoms with Crippen LogP contribution in [0.15, 0.2) is 42.5 Å². The van der Waals surface area contributed by atoms with Gasteiger partial charge >= 0.3 is 6.03 Å². The second-order valence-corrected chi connectivity index (χ2v) is 6.29. The molecule has 0 saturated heterocycles. The van der Waals surface area contributed by atoms with Gasteiger partial charge in [-0.05, 0) is 37.1 Å². The van der Waals surface area contributed by atoms with Crippen molar-refractivity contribution in [2.45, 2.75) is 45.8 Å². The molecule has 0 radical (unpaired) electrons. The third kappa shape index (κ3) is 5.26. The Balaban J connectivity index is 1.85. The van der Waals surface area contributed by atoms with Gasteiger partial charge in [0.2, 0.25) is 5.91 Å². The lowest BCUT2D eigenvalue weighted by molar-refractivity contribution is -0.121. The lowest BCUT2D eigenvalue weighted by Crippen LogP contribution is -2.43. The van der Waals surface area contributed by atoms with Crippen molar-refractivity contribution in [3.8, 4) is 0 Å². The first-order valence-electron chi connectivity index (χ1n) is 8.26. The predicted molar refractivity (Wildman–Crippen MR) is 96.7 cm³/mol. The molecule has 3 amide bonds. The van der Waals surface area contributed by atoms with Gasteiger partial charge in [0.25, 0.3) is 0 Å². The number of benzene rings is 2. The molecule has 0 heterocycles. The number of nitrogens with one attached hydrogen (secondary N) is 3. The zero-order valence-electron chi connectivity index (χ0n) is 14.4. The first-order valence-corrected chi connectivity index (χ1v) is 8.26. The Kier molecular flexibility index (Phi) is 6.18. The van der Waals surface area contributed by atoms with Crippen LogP contribution in [0.1, 0.15) is 32.8 Å². The van der Waals surface area contributed by atoms with Gasteiger partial charge in [-0.25, -0.2) is 4.79 Å². The monoisotopic (exact) mass is 327 g/mol. The Morgan fingerprint density at radius 1 is 0.958 bits per heavy atom. The van der Waals surface area contributed by atoms with Gasteiger partial charge in [0, 0.05) is 25.0 Å². The molecular formula is C19H25N3O2. The molecule has 0 aliphatic rings. The minimum atomic E-state index is -0.271. The van der Waals surface area contributed by atoms with Crippen molar-refractivity contribution in [2.75, 3.05) is 0 Å². The van der Waals surface area contributed by atoms with Crippen molar-refractivity contribution in [3.63, 3.8) is 0 Å². The Morgan fingerprint density at radius 3 is 2.42 bits per heavy atom. The van der Waals surface area contributed by atoms with Crippen molar-refractivity contribution >= 4 is 22.7 Å². The number of rotatable bonds is 6. The van der Waals surface area contributed by atoms with Crippen molar-refractivity contribution in [2.24, 2.45) is 0 Å². The summed E-state index contributed by atoms with van der Waals surface area (Å²) in [5.41, 5.74) is 1.06. The van der Waals surface area contributed by atoms with Crippen molar-refractivity contribution < 1.29 is 9.59 Å². The quantitative estimate of drug-likeness (QED) is 0.763. The van der Waals surface area contributed by atoms with Gasteiger partial charge < -0.3 is 16.0 Å². The molecule has 0 fully saturated rings. The van der Waals surface area contributed by atoms with Crippen LogP contribution in [-0.2, 0) is 11.3 Å². The highest BCUT2D eigenvalue weighted by atomic mass is 16.2. The van der Waals surface area contributed by atoms with E-state index in [9.17, 15) is 9.59 Å². The second kappa shape index (κ2) is 8.34. The molecule has 24 heavy (non-hydrogen) atoms. The maximum atomic E-state index is 12.0. The van der Waals surface area contributed by atoms with E-state index in [1.54, 1.807) is 0 Å². The van der Waals surface area contributed by atoms with Crippen LogP contribution in [0.3, 0.4) is 0 Å². The Morgan fingerprint density at radius 2 is 1.67 bits per heavy atom. The van der Waals surface area contributed by atoms with Crippen LogP contribution >= 0.6 is 0 Å². The summed E-state index contributed by atoms with van der Waals surface area (Å²) >= 11 is 0. The normalized spacial score (nSPS) is 12.0. The third-order valence-electron chi connectivity index (χ3n) is 3.64. The van der Waals surface area contributed by atoms with E-state index in [4.69, 9.17) is 0 Å². The highest BCUT2D eigenvalue weighted by Gasteiger charge is 2.12. The van der Waals surface area contributed by atoms with Crippen LogP contribution in [0.5, 0.6) is 0 Å². The van der Waals surface area contributed by atoms with Gasteiger partial charge in [0.1, 0.15) is 0 Å². The molecule has 0 aliphatic carbocycles. The van der Waals surface area contributed by atoms with E-state index < -0.39 is 0 Å². The Bertz CT molecular complexity index is 707. The molecule has 2 rings (SSSR count). The molecule has 2 aromatic rings. The van der Waals surface area contributed by atoms with Crippen LogP contribution in [0, 0.1) is 0 Å². The maximum Gasteiger partial charge on any atom is 0.315 e. The zero-order valence-corrected chi connectivity index (χ0v) is 14.4. The molecular weight excluding hydrogens is 302 g/mol. The van der Waals surface area contributed by atoms with E-state index in [0.29, 0.717) is 6.54 Å². The smallest absolute Gasteiger partial charge is 0.315 e. The van der Waals surface area contributed by atoms with Gasteiger partial charge in [-0.2, -0.15) is 0 Å². The fourth-order valence-corrected chi connectivity index (χ4v) is 2.61. The van der Waals surface area contributed by atoms with Crippen LogP contribution in [-0.4, -0.2) is 24.0 Å². The fraction of sp³-hybridized carbons (Fsp3) is 0.368. The minimum absolute atomic E-state index is 0.0631. The molecule has 0 bridgehead atoms. The lowest BCUT2D eigenvalue weighted by atomic mass is 10.0. The van der Waals surface area contributed by atoms with Crippen LogP contribution < -0.4 is 16.0 Å². The number of carbonyl (C=O) groups is 2. The number of hydrogen-bond acceptors (Lipinski definition) is 2. The molecule has 3 N–H and O–H groups in total. The third-order valence-corrected chi connectivity index (χ3v) is 3.64. The molecule has 0 unspecified atom stereocenters. The number of hydrogen-bond donors (Lipinski definition) is 3. The molecule has 5 heteroatoms. The minimum Gasteiger partial charge on any atom is -0.354 e. The van der Waals surface area contributed by atoms with E-state index in [0.717, 1.165) is 16.3 Å². The predicted octanol–water partition coefficient (Wildman–Crippen LogP) is 2.94. The molecule has 2 aromatic carbocycles. The van der Waals surface area contributed by atoms with Crippen LogP contribution in [0.2, 0.25) is 0 Å². The van der Waals surface area contributed by atoms with Crippen LogP contribution in [0.4, 0.5) is 4.79 Å². The highest BCUT2D eigenvalue weighted by Crippen LogP contribution is 2.18. The van der Waals surface area contributed by atoms with Crippen molar-refractivity contribution in [1.29, 1.82) is 0 Å². The van der Waals surface area contributed by atoms with Crippen molar-refractivity contribution in [1.82, 2.24) is 16.0 Å². The molecule has 0 aromatic heterocycles. The Hall–Kier alpha value is -2.56. The van der Waals surface area contributed by atoms with Gasteiger partial charge in [0.05, 0.1) is 0 Å². The molecule has 0 saturated carbocycles. The van der Waals surface area contributed by atoms with Gasteiger partial charge in [0.15, 0.2) is 0 Å².